The van der Waals surface area contributed by atoms with Crippen LogP contribution in [0.3, 0.4) is 0 Å². The summed E-state index contributed by atoms with van der Waals surface area (Å²) in [4.78, 5) is 12.7. The Bertz CT molecular complexity index is 881. The zero-order chi connectivity index (χ0) is 22.1. The molecule has 0 fully saturated rings. The van der Waals surface area contributed by atoms with Crippen LogP contribution in [0.1, 0.15) is 44.7 Å². The Morgan fingerprint density at radius 1 is 1.10 bits per heavy atom. The van der Waals surface area contributed by atoms with Crippen molar-refractivity contribution in [2.24, 2.45) is 5.41 Å². The van der Waals surface area contributed by atoms with Gasteiger partial charge in [-0.25, -0.2) is 0 Å². The van der Waals surface area contributed by atoms with E-state index in [4.69, 9.17) is 21.7 Å². The predicted octanol–water partition coefficient (Wildman–Crippen LogP) is 5.40. The molecule has 0 saturated carbocycles. The summed E-state index contributed by atoms with van der Waals surface area (Å²) >= 11 is 5.31. The second-order valence-electron chi connectivity index (χ2n) is 7.97. The van der Waals surface area contributed by atoms with E-state index >= 15 is 0 Å². The summed E-state index contributed by atoms with van der Waals surface area (Å²) in [5, 5.41) is 6.11. The largest absolute Gasteiger partial charge is 0.494 e. The summed E-state index contributed by atoms with van der Waals surface area (Å²) in [5.41, 5.74) is 2.49. The van der Waals surface area contributed by atoms with E-state index < -0.39 is 5.41 Å². The number of thiocarbonyl (C=S) groups is 1. The fourth-order valence-electron chi connectivity index (χ4n) is 2.94. The van der Waals surface area contributed by atoms with Gasteiger partial charge in [0.2, 0.25) is 5.91 Å². The van der Waals surface area contributed by atoms with Crippen molar-refractivity contribution in [2.45, 2.75) is 47.5 Å². The first kappa shape index (κ1) is 23.7. The van der Waals surface area contributed by atoms with Gasteiger partial charge in [-0.2, -0.15) is 0 Å². The van der Waals surface area contributed by atoms with Gasteiger partial charge in [0, 0.05) is 17.2 Å². The lowest BCUT2D eigenvalue weighted by Gasteiger charge is -2.24. The smallest absolute Gasteiger partial charge is 0.231 e. The molecule has 2 rings (SSSR count). The minimum absolute atomic E-state index is 0.118. The second kappa shape index (κ2) is 11.0. The molecule has 0 saturated heterocycles. The van der Waals surface area contributed by atoms with Gasteiger partial charge < -0.3 is 20.1 Å². The van der Waals surface area contributed by atoms with Crippen LogP contribution in [-0.2, 0) is 4.79 Å². The number of hydrogen-bond acceptors (Lipinski definition) is 4. The molecule has 5 nitrogen and oxygen atoms in total. The van der Waals surface area contributed by atoms with Crippen LogP contribution in [0.25, 0.3) is 0 Å². The van der Waals surface area contributed by atoms with Crippen LogP contribution in [0.15, 0.2) is 42.5 Å². The van der Waals surface area contributed by atoms with Crippen molar-refractivity contribution >= 4 is 28.9 Å². The molecular formula is C24H32N2O3S. The van der Waals surface area contributed by atoms with Crippen molar-refractivity contribution in [1.29, 1.82) is 0 Å². The predicted molar refractivity (Wildman–Crippen MR) is 126 cm³/mol. The number of amides is 1. The lowest BCUT2D eigenvalue weighted by atomic mass is 9.87. The standard InChI is InChI=1S/C24H32N2O3S/c1-6-28-20-10-7-9-19(16-20)25-23(30)26-22(27)24(4,5)13-8-14-29-21-15-17(2)11-12-18(21)3/h7,9-12,15-16H,6,8,13-14H2,1-5H3,(H2,25,26,27,30). The monoisotopic (exact) mass is 428 g/mol. The minimum Gasteiger partial charge on any atom is -0.494 e. The summed E-state index contributed by atoms with van der Waals surface area (Å²) in [6, 6.07) is 13.6. The van der Waals surface area contributed by atoms with Gasteiger partial charge in [-0.3, -0.25) is 4.79 Å². The fourth-order valence-corrected chi connectivity index (χ4v) is 3.15. The molecule has 0 atom stereocenters. The maximum absolute atomic E-state index is 12.7. The summed E-state index contributed by atoms with van der Waals surface area (Å²) in [6.07, 6.45) is 1.45. The molecule has 162 valence electrons. The van der Waals surface area contributed by atoms with Gasteiger partial charge in [-0.05, 0) is 75.2 Å². The van der Waals surface area contributed by atoms with Crippen LogP contribution in [-0.4, -0.2) is 24.2 Å². The molecule has 2 aromatic carbocycles. The first-order chi connectivity index (χ1) is 14.2. The van der Waals surface area contributed by atoms with Crippen molar-refractivity contribution in [3.63, 3.8) is 0 Å². The number of hydrogen-bond donors (Lipinski definition) is 2. The number of aryl methyl sites for hydroxylation is 2. The third-order valence-corrected chi connectivity index (χ3v) is 5.00. The van der Waals surface area contributed by atoms with Gasteiger partial charge >= 0.3 is 0 Å². The summed E-state index contributed by atoms with van der Waals surface area (Å²) in [6.45, 7) is 11.0. The Labute approximate surface area is 185 Å². The number of ether oxygens (including phenoxy) is 2. The zero-order valence-corrected chi connectivity index (χ0v) is 19.3. The number of nitrogens with one attached hydrogen (secondary N) is 2. The molecule has 0 radical (unpaired) electrons. The van der Waals surface area contributed by atoms with Gasteiger partial charge in [-0.1, -0.05) is 32.0 Å². The van der Waals surface area contributed by atoms with Gasteiger partial charge in [0.1, 0.15) is 11.5 Å². The number of carbonyl (C=O) groups is 1. The van der Waals surface area contributed by atoms with E-state index in [1.165, 1.54) is 5.56 Å². The van der Waals surface area contributed by atoms with Gasteiger partial charge in [-0.15, -0.1) is 0 Å². The molecule has 0 aliphatic heterocycles. The van der Waals surface area contributed by atoms with Gasteiger partial charge in [0.05, 0.1) is 13.2 Å². The van der Waals surface area contributed by atoms with Crippen LogP contribution in [0.2, 0.25) is 0 Å². The van der Waals surface area contributed by atoms with Crippen LogP contribution in [0, 0.1) is 19.3 Å². The lowest BCUT2D eigenvalue weighted by molar-refractivity contribution is -0.128. The second-order valence-corrected chi connectivity index (χ2v) is 8.38. The number of benzene rings is 2. The Balaban J connectivity index is 1.80. The van der Waals surface area contributed by atoms with E-state index in [0.29, 0.717) is 19.6 Å². The average Bonchev–Trinajstić information content (AvgIpc) is 2.68. The molecule has 2 N–H and O–H groups in total. The summed E-state index contributed by atoms with van der Waals surface area (Å²) in [5.74, 6) is 1.53. The number of rotatable bonds is 9. The number of anilines is 1. The Morgan fingerprint density at radius 2 is 1.87 bits per heavy atom. The molecule has 0 aliphatic carbocycles. The van der Waals surface area contributed by atoms with Gasteiger partial charge in [0.15, 0.2) is 5.11 Å². The van der Waals surface area contributed by atoms with Crippen LogP contribution in [0.4, 0.5) is 5.69 Å². The molecule has 0 bridgehead atoms. The molecule has 2 aromatic rings. The van der Waals surface area contributed by atoms with Crippen LogP contribution in [0.5, 0.6) is 11.5 Å². The van der Waals surface area contributed by atoms with Crippen molar-refractivity contribution < 1.29 is 14.3 Å². The molecule has 0 aromatic heterocycles. The van der Waals surface area contributed by atoms with Crippen molar-refractivity contribution in [1.82, 2.24) is 5.32 Å². The van der Waals surface area contributed by atoms with E-state index in [0.717, 1.165) is 29.2 Å². The highest BCUT2D eigenvalue weighted by atomic mass is 32.1. The third kappa shape index (κ3) is 7.34. The van der Waals surface area contributed by atoms with E-state index in [2.05, 4.69) is 22.8 Å². The Kier molecular flexibility index (Phi) is 8.66. The average molecular weight is 429 g/mol. The molecule has 0 aliphatic rings. The highest BCUT2D eigenvalue weighted by molar-refractivity contribution is 7.80. The van der Waals surface area contributed by atoms with E-state index in [1.807, 2.05) is 65.0 Å². The van der Waals surface area contributed by atoms with Crippen LogP contribution >= 0.6 is 12.2 Å². The first-order valence-electron chi connectivity index (χ1n) is 10.3. The van der Waals surface area contributed by atoms with Crippen LogP contribution < -0.4 is 20.1 Å². The van der Waals surface area contributed by atoms with Crippen molar-refractivity contribution in [3.05, 3.63) is 53.6 Å². The zero-order valence-electron chi connectivity index (χ0n) is 18.5. The first-order valence-corrected chi connectivity index (χ1v) is 10.7. The number of carbonyl (C=O) groups excluding carboxylic acids is 1. The minimum atomic E-state index is -0.566. The molecular weight excluding hydrogens is 396 g/mol. The van der Waals surface area contributed by atoms with Gasteiger partial charge in [0.25, 0.3) is 0 Å². The highest BCUT2D eigenvalue weighted by Crippen LogP contribution is 2.24. The Morgan fingerprint density at radius 3 is 2.60 bits per heavy atom. The molecule has 6 heteroatoms. The lowest BCUT2D eigenvalue weighted by Crippen LogP contribution is -2.42. The normalized spacial score (nSPS) is 11.0. The third-order valence-electron chi connectivity index (χ3n) is 4.79. The maximum atomic E-state index is 12.7. The molecule has 1 amide bonds. The van der Waals surface area contributed by atoms with Crippen molar-refractivity contribution in [2.75, 3.05) is 18.5 Å². The van der Waals surface area contributed by atoms with E-state index in [1.54, 1.807) is 0 Å². The van der Waals surface area contributed by atoms with Crippen molar-refractivity contribution in [3.8, 4) is 11.5 Å². The summed E-state index contributed by atoms with van der Waals surface area (Å²) in [7, 11) is 0. The fraction of sp³-hybridized carbons (Fsp3) is 0.417. The van der Waals surface area contributed by atoms with E-state index in [9.17, 15) is 4.79 Å². The SMILES string of the molecule is CCOc1cccc(NC(=S)NC(=O)C(C)(C)CCCOc2cc(C)ccc2C)c1. The molecule has 0 heterocycles. The summed E-state index contributed by atoms with van der Waals surface area (Å²) < 4.78 is 11.4. The van der Waals surface area contributed by atoms with E-state index in [-0.39, 0.29) is 11.0 Å². The molecule has 0 spiro atoms. The quantitative estimate of drug-likeness (QED) is 0.414. The highest BCUT2D eigenvalue weighted by Gasteiger charge is 2.27. The maximum Gasteiger partial charge on any atom is 0.231 e. The Hall–Kier alpha value is -2.60. The molecule has 30 heavy (non-hydrogen) atoms. The topological polar surface area (TPSA) is 59.6 Å². The molecule has 0 unspecified atom stereocenters.